The third kappa shape index (κ3) is 5.69. The van der Waals surface area contributed by atoms with E-state index in [2.05, 4.69) is 31.8 Å². The molecule has 2 rings (SSSR count). The summed E-state index contributed by atoms with van der Waals surface area (Å²) in [7, 11) is -1.59. The number of carbonyl (C=O) groups is 1. The summed E-state index contributed by atoms with van der Waals surface area (Å²) in [5.74, 6) is 0. The highest BCUT2D eigenvalue weighted by Gasteiger charge is 2.30. The normalized spacial score (nSPS) is 12.9. The van der Waals surface area contributed by atoms with Crippen LogP contribution in [0, 0.1) is 10.1 Å². The zero-order valence-corrected chi connectivity index (χ0v) is 16.3. The molecular weight excluding hydrogens is 350 g/mol. The van der Waals surface area contributed by atoms with Crippen molar-refractivity contribution in [3.63, 3.8) is 0 Å². The van der Waals surface area contributed by atoms with Crippen molar-refractivity contribution in [2.45, 2.75) is 24.5 Å². The number of nitro benzene ring substituents is 1. The lowest BCUT2D eigenvalue weighted by Crippen LogP contribution is -2.29. The standard InChI is InChI=1S/C19H21NO3SSi/c1-25(2,3)19(16-7-5-4-6-8-16)24-18(21)14-11-15-9-12-17(13-10-15)20(22)23/h4-14,19H,1-3H3/b14-11+. The zero-order valence-electron chi connectivity index (χ0n) is 14.5. The summed E-state index contributed by atoms with van der Waals surface area (Å²) in [6.45, 7) is 6.76. The van der Waals surface area contributed by atoms with Gasteiger partial charge >= 0.3 is 0 Å². The molecule has 0 aliphatic heterocycles. The zero-order chi connectivity index (χ0) is 18.4. The molecule has 2 aromatic rings. The Labute approximate surface area is 153 Å². The fourth-order valence-corrected chi connectivity index (χ4v) is 6.03. The minimum absolute atomic E-state index is 0.00497. The van der Waals surface area contributed by atoms with Crippen molar-refractivity contribution in [3.05, 3.63) is 81.9 Å². The number of hydrogen-bond donors (Lipinski definition) is 0. The number of thioether (sulfide) groups is 1. The van der Waals surface area contributed by atoms with E-state index in [1.54, 1.807) is 24.3 Å². The number of benzene rings is 2. The van der Waals surface area contributed by atoms with Crippen molar-refractivity contribution in [2.24, 2.45) is 0 Å². The molecule has 0 heterocycles. The number of nitro groups is 1. The van der Waals surface area contributed by atoms with Gasteiger partial charge in [-0.05, 0) is 29.3 Å². The van der Waals surface area contributed by atoms with Gasteiger partial charge in [0, 0.05) is 17.0 Å². The summed E-state index contributed by atoms with van der Waals surface area (Å²) in [6, 6.07) is 16.3. The second kappa shape index (κ2) is 8.27. The van der Waals surface area contributed by atoms with E-state index in [4.69, 9.17) is 0 Å². The molecule has 0 radical (unpaired) electrons. The maximum absolute atomic E-state index is 12.4. The van der Waals surface area contributed by atoms with Crippen LogP contribution >= 0.6 is 11.8 Å². The highest BCUT2D eigenvalue weighted by molar-refractivity contribution is 8.15. The summed E-state index contributed by atoms with van der Waals surface area (Å²) in [5, 5.41) is 10.7. The lowest BCUT2D eigenvalue weighted by Gasteiger charge is -2.27. The molecule has 0 aliphatic rings. The van der Waals surface area contributed by atoms with Gasteiger partial charge in [-0.3, -0.25) is 14.9 Å². The van der Waals surface area contributed by atoms with Crippen molar-refractivity contribution in [1.29, 1.82) is 0 Å². The van der Waals surface area contributed by atoms with Crippen LogP contribution < -0.4 is 0 Å². The van der Waals surface area contributed by atoms with Crippen LogP contribution in [0.5, 0.6) is 0 Å². The first kappa shape index (κ1) is 19.1. The van der Waals surface area contributed by atoms with Crippen molar-refractivity contribution in [1.82, 2.24) is 0 Å². The number of nitrogens with zero attached hydrogens (tertiary/aromatic N) is 1. The number of rotatable bonds is 6. The summed E-state index contributed by atoms with van der Waals surface area (Å²) >= 11 is 1.36. The molecule has 25 heavy (non-hydrogen) atoms. The van der Waals surface area contributed by atoms with Crippen LogP contribution in [0.1, 0.15) is 16.0 Å². The predicted octanol–water partition coefficient (Wildman–Crippen LogP) is 5.49. The smallest absolute Gasteiger partial charge is 0.269 e. The molecule has 6 heteroatoms. The summed E-state index contributed by atoms with van der Waals surface area (Å²) < 4.78 is 0. The molecule has 0 aliphatic carbocycles. The Hall–Kier alpha value is -2.18. The molecule has 1 atom stereocenters. The van der Waals surface area contributed by atoms with E-state index in [0.717, 1.165) is 5.56 Å². The summed E-state index contributed by atoms with van der Waals surface area (Å²) in [6.07, 6.45) is 3.24. The van der Waals surface area contributed by atoms with Crippen LogP contribution in [0.25, 0.3) is 6.08 Å². The van der Waals surface area contributed by atoms with Gasteiger partial charge in [-0.15, -0.1) is 0 Å². The molecule has 0 aromatic heterocycles. The first-order valence-corrected chi connectivity index (χ1v) is 12.4. The van der Waals surface area contributed by atoms with Crippen LogP contribution in [0.3, 0.4) is 0 Å². The molecule has 0 N–H and O–H groups in total. The Morgan fingerprint density at radius 3 is 2.20 bits per heavy atom. The third-order valence-corrected chi connectivity index (χ3v) is 8.90. The average Bonchev–Trinajstić information content (AvgIpc) is 2.58. The SMILES string of the molecule is C[Si](C)(C)C(SC(=O)/C=C/c1ccc([N+](=O)[O-])cc1)c1ccccc1. The van der Waals surface area contributed by atoms with Crippen LogP contribution in [-0.2, 0) is 4.79 Å². The highest BCUT2D eigenvalue weighted by Crippen LogP contribution is 2.38. The van der Waals surface area contributed by atoms with Gasteiger partial charge in [0.2, 0.25) is 5.12 Å². The lowest BCUT2D eigenvalue weighted by molar-refractivity contribution is -0.384. The van der Waals surface area contributed by atoms with E-state index in [1.165, 1.54) is 29.5 Å². The summed E-state index contributed by atoms with van der Waals surface area (Å²) in [5.41, 5.74) is 1.99. The van der Waals surface area contributed by atoms with Gasteiger partial charge in [-0.1, -0.05) is 67.8 Å². The molecular formula is C19H21NO3SSi. The maximum atomic E-state index is 12.4. The first-order chi connectivity index (χ1) is 11.8. The summed E-state index contributed by atoms with van der Waals surface area (Å²) in [4.78, 5) is 22.8. The number of non-ortho nitro benzene ring substituents is 1. The van der Waals surface area contributed by atoms with Crippen molar-refractivity contribution in [3.8, 4) is 0 Å². The quantitative estimate of drug-likeness (QED) is 0.292. The Bertz CT molecular complexity index is 768. The molecule has 0 saturated carbocycles. The molecule has 0 amide bonds. The Kier molecular flexibility index (Phi) is 6.33. The highest BCUT2D eigenvalue weighted by atomic mass is 32.2. The molecule has 0 fully saturated rings. The van der Waals surface area contributed by atoms with Gasteiger partial charge in [0.25, 0.3) is 5.69 Å². The van der Waals surface area contributed by atoms with E-state index in [1.807, 2.05) is 18.2 Å². The monoisotopic (exact) mass is 371 g/mol. The van der Waals surface area contributed by atoms with Crippen LogP contribution in [0.4, 0.5) is 5.69 Å². The number of hydrogen-bond acceptors (Lipinski definition) is 4. The van der Waals surface area contributed by atoms with Gasteiger partial charge in [-0.2, -0.15) is 0 Å². The molecule has 130 valence electrons. The lowest BCUT2D eigenvalue weighted by atomic mass is 10.2. The van der Waals surface area contributed by atoms with E-state index >= 15 is 0 Å². The molecule has 0 saturated heterocycles. The molecule has 4 nitrogen and oxygen atoms in total. The van der Waals surface area contributed by atoms with Gasteiger partial charge in [0.1, 0.15) is 0 Å². The topological polar surface area (TPSA) is 60.2 Å². The Balaban J connectivity index is 2.09. The minimum atomic E-state index is -1.59. The minimum Gasteiger partial charge on any atom is -0.282 e. The van der Waals surface area contributed by atoms with Crippen LogP contribution in [0.15, 0.2) is 60.7 Å². The Morgan fingerprint density at radius 2 is 1.68 bits per heavy atom. The van der Waals surface area contributed by atoms with E-state index in [0.29, 0.717) is 0 Å². The fraction of sp³-hybridized carbons (Fsp3) is 0.211. The average molecular weight is 372 g/mol. The van der Waals surface area contributed by atoms with Gasteiger partial charge in [0.05, 0.1) is 13.0 Å². The third-order valence-electron chi connectivity index (χ3n) is 3.64. The van der Waals surface area contributed by atoms with Crippen molar-refractivity contribution in [2.75, 3.05) is 0 Å². The van der Waals surface area contributed by atoms with E-state index in [9.17, 15) is 14.9 Å². The fourth-order valence-electron chi connectivity index (χ4n) is 2.40. The Morgan fingerprint density at radius 1 is 1.08 bits per heavy atom. The first-order valence-electron chi connectivity index (χ1n) is 7.95. The van der Waals surface area contributed by atoms with Crippen molar-refractivity contribution >= 4 is 36.7 Å². The molecule has 2 aromatic carbocycles. The van der Waals surface area contributed by atoms with Crippen LogP contribution in [-0.4, -0.2) is 18.1 Å². The second-order valence-corrected chi connectivity index (χ2v) is 13.6. The molecule has 1 unspecified atom stereocenters. The van der Waals surface area contributed by atoms with Crippen LogP contribution in [0.2, 0.25) is 19.6 Å². The van der Waals surface area contributed by atoms with Gasteiger partial charge in [-0.25, -0.2) is 0 Å². The van der Waals surface area contributed by atoms with E-state index in [-0.39, 0.29) is 15.7 Å². The predicted molar refractivity (Wildman–Crippen MR) is 107 cm³/mol. The van der Waals surface area contributed by atoms with Gasteiger partial charge in [0.15, 0.2) is 0 Å². The van der Waals surface area contributed by atoms with E-state index < -0.39 is 13.0 Å². The maximum Gasteiger partial charge on any atom is 0.269 e. The van der Waals surface area contributed by atoms with Crippen molar-refractivity contribution < 1.29 is 9.72 Å². The second-order valence-electron chi connectivity index (χ2n) is 6.78. The largest absolute Gasteiger partial charge is 0.282 e. The molecule has 0 spiro atoms. The number of carbonyl (C=O) groups excluding carboxylic acids is 1. The van der Waals surface area contributed by atoms with Gasteiger partial charge < -0.3 is 0 Å². The molecule has 0 bridgehead atoms.